The average Bonchev–Trinajstić information content (AvgIpc) is 2.85. The van der Waals surface area contributed by atoms with E-state index in [0.717, 1.165) is 22.8 Å². The van der Waals surface area contributed by atoms with Crippen molar-refractivity contribution in [1.29, 1.82) is 0 Å². The predicted octanol–water partition coefficient (Wildman–Crippen LogP) is 4.16. The van der Waals surface area contributed by atoms with E-state index in [4.69, 9.17) is 11.6 Å². The fraction of sp³-hybridized carbons (Fsp3) is 0.0556. The van der Waals surface area contributed by atoms with Crippen LogP contribution in [0.1, 0.15) is 16.1 Å². The number of halogens is 1. The van der Waals surface area contributed by atoms with Gasteiger partial charge in [-0.15, -0.1) is 0 Å². The number of carbonyl (C=O) groups is 1. The number of rotatable bonds is 2. The Morgan fingerprint density at radius 1 is 1.10 bits per heavy atom. The summed E-state index contributed by atoms with van der Waals surface area (Å²) in [6.45, 7) is 0.466. The molecule has 0 saturated heterocycles. The smallest absolute Gasteiger partial charge is 0.166 e. The average molecular weight is 294 g/mol. The molecule has 0 amide bonds. The number of hydrogen-bond donors (Lipinski definition) is 0. The zero-order chi connectivity index (χ0) is 14.7. The lowest BCUT2D eigenvalue weighted by molar-refractivity contribution is 0.111. The molecule has 2 nitrogen and oxygen atoms in total. The monoisotopic (exact) mass is 293 g/mol. The van der Waals surface area contributed by atoms with Gasteiger partial charge in [0.1, 0.15) is 0 Å². The van der Waals surface area contributed by atoms with E-state index >= 15 is 0 Å². The summed E-state index contributed by atoms with van der Waals surface area (Å²) < 4.78 is 1.90. The van der Waals surface area contributed by atoms with Crippen LogP contribution in [0.3, 0.4) is 0 Å². The third kappa shape index (κ3) is 2.84. The van der Waals surface area contributed by atoms with Crippen LogP contribution in [0, 0.1) is 11.8 Å². The summed E-state index contributed by atoms with van der Waals surface area (Å²) in [7, 11) is 0. The zero-order valence-electron chi connectivity index (χ0n) is 11.2. The Labute approximate surface area is 128 Å². The van der Waals surface area contributed by atoms with Gasteiger partial charge >= 0.3 is 0 Å². The molecule has 0 aliphatic rings. The van der Waals surface area contributed by atoms with Crippen LogP contribution >= 0.6 is 11.6 Å². The van der Waals surface area contributed by atoms with Gasteiger partial charge < -0.3 is 4.57 Å². The molecule has 0 unspecified atom stereocenters. The van der Waals surface area contributed by atoms with Gasteiger partial charge in [0.15, 0.2) is 6.29 Å². The standard InChI is InChI=1S/C18H12ClNO/c19-16-8-9-18-15(11-16)12-17(13-21)20(18)10-4-7-14-5-2-1-3-6-14/h1-3,5-6,8-9,11-13H,10H2. The van der Waals surface area contributed by atoms with E-state index in [0.29, 0.717) is 17.3 Å². The summed E-state index contributed by atoms with van der Waals surface area (Å²) in [6, 6.07) is 17.2. The quantitative estimate of drug-likeness (QED) is 0.514. The number of fused-ring (bicyclic) bond motifs is 1. The molecule has 102 valence electrons. The molecule has 3 heteroatoms. The highest BCUT2D eigenvalue weighted by Gasteiger charge is 2.07. The van der Waals surface area contributed by atoms with E-state index in [9.17, 15) is 4.79 Å². The van der Waals surface area contributed by atoms with Crippen molar-refractivity contribution in [3.05, 3.63) is 70.9 Å². The van der Waals surface area contributed by atoms with Crippen molar-refractivity contribution >= 4 is 28.8 Å². The highest BCUT2D eigenvalue weighted by atomic mass is 35.5. The number of benzene rings is 2. The van der Waals surface area contributed by atoms with Gasteiger partial charge in [-0.2, -0.15) is 0 Å². The van der Waals surface area contributed by atoms with Crippen molar-refractivity contribution in [1.82, 2.24) is 4.57 Å². The van der Waals surface area contributed by atoms with Gasteiger partial charge in [0, 0.05) is 21.5 Å². The molecule has 0 aliphatic carbocycles. The summed E-state index contributed by atoms with van der Waals surface area (Å²) in [5, 5.41) is 1.61. The molecule has 0 radical (unpaired) electrons. The van der Waals surface area contributed by atoms with E-state index in [1.165, 1.54) is 0 Å². The Morgan fingerprint density at radius 3 is 2.67 bits per heavy atom. The molecular formula is C18H12ClNO. The van der Waals surface area contributed by atoms with Gasteiger partial charge in [0.05, 0.1) is 12.2 Å². The third-order valence-corrected chi connectivity index (χ3v) is 3.49. The summed E-state index contributed by atoms with van der Waals surface area (Å²) in [6.07, 6.45) is 0.845. The van der Waals surface area contributed by atoms with Crippen molar-refractivity contribution in [2.24, 2.45) is 0 Å². The fourth-order valence-electron chi connectivity index (χ4n) is 2.28. The zero-order valence-corrected chi connectivity index (χ0v) is 12.0. The molecule has 21 heavy (non-hydrogen) atoms. The minimum atomic E-state index is 0.466. The highest BCUT2D eigenvalue weighted by Crippen LogP contribution is 2.22. The van der Waals surface area contributed by atoms with Gasteiger partial charge in [-0.3, -0.25) is 4.79 Å². The maximum absolute atomic E-state index is 11.2. The van der Waals surface area contributed by atoms with Crippen LogP contribution in [0.15, 0.2) is 54.6 Å². The van der Waals surface area contributed by atoms with E-state index < -0.39 is 0 Å². The molecule has 2 aromatic carbocycles. The number of nitrogens with zero attached hydrogens (tertiary/aromatic N) is 1. The molecule has 0 fully saturated rings. The van der Waals surface area contributed by atoms with Crippen LogP contribution in [0.4, 0.5) is 0 Å². The van der Waals surface area contributed by atoms with Crippen LogP contribution < -0.4 is 0 Å². The second-order valence-corrected chi connectivity index (χ2v) is 5.08. The molecule has 3 rings (SSSR count). The normalized spacial score (nSPS) is 10.1. The summed E-state index contributed by atoms with van der Waals surface area (Å²) in [5.74, 6) is 6.20. The summed E-state index contributed by atoms with van der Waals surface area (Å²) in [4.78, 5) is 11.2. The van der Waals surface area contributed by atoms with Gasteiger partial charge in [0.25, 0.3) is 0 Å². The maximum Gasteiger partial charge on any atom is 0.166 e. The lowest BCUT2D eigenvalue weighted by atomic mass is 10.2. The molecule has 1 heterocycles. The minimum Gasteiger partial charge on any atom is -0.326 e. The molecule has 0 bridgehead atoms. The van der Waals surface area contributed by atoms with Gasteiger partial charge in [0.2, 0.25) is 0 Å². The van der Waals surface area contributed by atoms with E-state index in [-0.39, 0.29) is 0 Å². The van der Waals surface area contributed by atoms with Gasteiger partial charge in [-0.05, 0) is 36.4 Å². The first-order chi connectivity index (χ1) is 10.3. The van der Waals surface area contributed by atoms with Gasteiger partial charge in [-0.1, -0.05) is 41.6 Å². The van der Waals surface area contributed by atoms with Crippen molar-refractivity contribution in [3.8, 4) is 11.8 Å². The lowest BCUT2D eigenvalue weighted by Crippen LogP contribution is -2.00. The Kier molecular flexibility index (Phi) is 3.77. The Hall–Kier alpha value is -2.50. The molecule has 0 spiro atoms. The van der Waals surface area contributed by atoms with Crippen LogP contribution in [0.2, 0.25) is 5.02 Å². The molecule has 0 N–H and O–H groups in total. The first-order valence-corrected chi connectivity index (χ1v) is 6.93. The Bertz CT molecular complexity index is 853. The van der Waals surface area contributed by atoms with Crippen molar-refractivity contribution < 1.29 is 4.79 Å². The van der Waals surface area contributed by atoms with Crippen molar-refractivity contribution in [2.75, 3.05) is 0 Å². The Balaban J connectivity index is 1.97. The molecular weight excluding hydrogens is 282 g/mol. The first kappa shape index (κ1) is 13.5. The van der Waals surface area contributed by atoms with Crippen LogP contribution in [0.25, 0.3) is 10.9 Å². The number of hydrogen-bond acceptors (Lipinski definition) is 1. The third-order valence-electron chi connectivity index (χ3n) is 3.26. The maximum atomic E-state index is 11.2. The topological polar surface area (TPSA) is 22.0 Å². The van der Waals surface area contributed by atoms with Gasteiger partial charge in [-0.25, -0.2) is 0 Å². The predicted molar refractivity (Wildman–Crippen MR) is 85.7 cm³/mol. The number of carbonyl (C=O) groups excluding carboxylic acids is 1. The molecule has 0 atom stereocenters. The van der Waals surface area contributed by atoms with E-state index in [2.05, 4.69) is 11.8 Å². The van der Waals surface area contributed by atoms with Crippen molar-refractivity contribution in [2.45, 2.75) is 6.54 Å². The van der Waals surface area contributed by atoms with Crippen LogP contribution in [-0.2, 0) is 6.54 Å². The highest BCUT2D eigenvalue weighted by molar-refractivity contribution is 6.31. The fourth-order valence-corrected chi connectivity index (χ4v) is 2.46. The molecule has 0 aliphatic heterocycles. The van der Waals surface area contributed by atoms with Crippen LogP contribution in [0.5, 0.6) is 0 Å². The van der Waals surface area contributed by atoms with E-state index in [1.54, 1.807) is 0 Å². The number of aldehydes is 1. The summed E-state index contributed by atoms with van der Waals surface area (Å²) in [5.41, 5.74) is 2.53. The second-order valence-electron chi connectivity index (χ2n) is 4.64. The summed E-state index contributed by atoms with van der Waals surface area (Å²) >= 11 is 5.98. The molecule has 0 saturated carbocycles. The Morgan fingerprint density at radius 2 is 1.90 bits per heavy atom. The largest absolute Gasteiger partial charge is 0.326 e. The van der Waals surface area contributed by atoms with E-state index in [1.807, 2.05) is 59.2 Å². The number of aromatic nitrogens is 1. The molecule has 1 aromatic heterocycles. The minimum absolute atomic E-state index is 0.466. The first-order valence-electron chi connectivity index (χ1n) is 6.56. The lowest BCUT2D eigenvalue weighted by Gasteiger charge is -2.02. The van der Waals surface area contributed by atoms with Crippen molar-refractivity contribution in [3.63, 3.8) is 0 Å². The molecule has 3 aromatic rings. The second kappa shape index (κ2) is 5.87. The van der Waals surface area contributed by atoms with Crippen LogP contribution in [-0.4, -0.2) is 10.9 Å². The SMILES string of the molecule is O=Cc1cc2cc(Cl)ccc2n1CC#Cc1ccccc1.